The fourth-order valence-corrected chi connectivity index (χ4v) is 3.93. The van der Waals surface area contributed by atoms with Gasteiger partial charge in [0.1, 0.15) is 16.4 Å². The molecule has 7 nitrogen and oxygen atoms in total. The number of hydrogen-bond donors (Lipinski definition) is 3. The van der Waals surface area contributed by atoms with Crippen molar-refractivity contribution in [3.05, 3.63) is 88.7 Å². The number of hydrogen-bond acceptors (Lipinski definition) is 5. The Hall–Kier alpha value is -3.63. The van der Waals surface area contributed by atoms with Gasteiger partial charge in [0, 0.05) is 25.3 Å². The van der Waals surface area contributed by atoms with E-state index in [4.69, 9.17) is 16.3 Å². The van der Waals surface area contributed by atoms with Crippen molar-refractivity contribution >= 4 is 34.8 Å². The van der Waals surface area contributed by atoms with Crippen molar-refractivity contribution in [2.24, 2.45) is 0 Å². The molecule has 2 aromatic carbocycles. The van der Waals surface area contributed by atoms with Gasteiger partial charge in [-0.05, 0) is 42.0 Å². The molecule has 188 valence electrons. The Labute approximate surface area is 210 Å². The van der Waals surface area contributed by atoms with Crippen molar-refractivity contribution in [2.75, 3.05) is 18.5 Å². The summed E-state index contributed by atoms with van der Waals surface area (Å²) in [7, 11) is 0. The number of aromatic nitrogens is 1. The van der Waals surface area contributed by atoms with Gasteiger partial charge in [0.05, 0.1) is 17.9 Å². The number of pyridine rings is 1. The molecule has 0 spiro atoms. The molecule has 0 bridgehead atoms. The van der Waals surface area contributed by atoms with Crippen LogP contribution in [0.25, 0.3) is 0 Å². The second kappa shape index (κ2) is 10.5. The van der Waals surface area contributed by atoms with Crippen LogP contribution in [0.4, 0.5) is 24.5 Å². The molecule has 1 atom stereocenters. The summed E-state index contributed by atoms with van der Waals surface area (Å²) in [5.41, 5.74) is -0.820. The summed E-state index contributed by atoms with van der Waals surface area (Å²) in [5, 5.41) is 8.46. The number of carbonyl (C=O) groups excluding carboxylic acids is 2. The van der Waals surface area contributed by atoms with Crippen molar-refractivity contribution in [3.8, 4) is 0 Å². The highest BCUT2D eigenvalue weighted by Gasteiger charge is 2.44. The molecule has 1 aliphatic rings. The van der Waals surface area contributed by atoms with E-state index >= 15 is 0 Å². The molecule has 1 aromatic heterocycles. The molecule has 2 amide bonds. The number of nitrogens with zero attached hydrogens (tertiary/aromatic N) is 1. The van der Waals surface area contributed by atoms with E-state index in [1.807, 2.05) is 0 Å². The summed E-state index contributed by atoms with van der Waals surface area (Å²) in [6.07, 6.45) is -4.20. The predicted octanol–water partition coefficient (Wildman–Crippen LogP) is 4.70. The summed E-state index contributed by atoms with van der Waals surface area (Å²) in [5.74, 6) is -0.968. The van der Waals surface area contributed by atoms with Crippen LogP contribution in [0, 0.1) is 0 Å². The minimum Gasteiger partial charge on any atom is -0.378 e. The van der Waals surface area contributed by atoms with Crippen LogP contribution in [0.3, 0.4) is 0 Å². The number of nitrogens with one attached hydrogen (secondary N) is 3. The number of carbonyl (C=O) groups is 2. The van der Waals surface area contributed by atoms with Gasteiger partial charge in [0.15, 0.2) is 0 Å². The minimum atomic E-state index is -4.48. The largest absolute Gasteiger partial charge is 0.418 e. The fraction of sp³-hybridized carbons (Fsp3) is 0.240. The van der Waals surface area contributed by atoms with Crippen LogP contribution in [-0.4, -0.2) is 35.6 Å². The Bertz CT molecular complexity index is 1250. The van der Waals surface area contributed by atoms with E-state index in [0.29, 0.717) is 12.3 Å². The second-order valence-electron chi connectivity index (χ2n) is 8.23. The first-order valence-corrected chi connectivity index (χ1v) is 11.4. The topological polar surface area (TPSA) is 92.4 Å². The summed E-state index contributed by atoms with van der Waals surface area (Å²) in [4.78, 5) is 29.7. The number of halogens is 4. The van der Waals surface area contributed by atoms with Crippen LogP contribution in [0.2, 0.25) is 5.15 Å². The van der Waals surface area contributed by atoms with E-state index in [1.165, 1.54) is 30.3 Å². The Morgan fingerprint density at radius 2 is 1.78 bits per heavy atom. The maximum atomic E-state index is 13.2. The summed E-state index contributed by atoms with van der Waals surface area (Å²) >= 11 is 5.85. The van der Waals surface area contributed by atoms with Crippen molar-refractivity contribution in [3.63, 3.8) is 0 Å². The van der Waals surface area contributed by atoms with Gasteiger partial charge in [-0.3, -0.25) is 9.59 Å². The number of amides is 2. The van der Waals surface area contributed by atoms with Gasteiger partial charge < -0.3 is 20.7 Å². The molecule has 1 unspecified atom stereocenters. The minimum absolute atomic E-state index is 0.00656. The molecule has 1 fully saturated rings. The van der Waals surface area contributed by atoms with E-state index in [9.17, 15) is 22.8 Å². The van der Waals surface area contributed by atoms with Crippen molar-refractivity contribution in [1.29, 1.82) is 0 Å². The van der Waals surface area contributed by atoms with Gasteiger partial charge in [-0.2, -0.15) is 13.2 Å². The number of para-hydroxylation sites is 1. The maximum absolute atomic E-state index is 13.2. The normalized spacial score (nSPS) is 17.4. The third kappa shape index (κ3) is 5.95. The third-order valence-corrected chi connectivity index (χ3v) is 5.89. The van der Waals surface area contributed by atoms with Crippen LogP contribution in [0.15, 0.2) is 66.7 Å². The Morgan fingerprint density at radius 1 is 1.03 bits per heavy atom. The summed E-state index contributed by atoms with van der Waals surface area (Å²) in [6, 6.07) is 16.4. The third-order valence-electron chi connectivity index (χ3n) is 5.68. The number of benzene rings is 2. The van der Waals surface area contributed by atoms with E-state index in [-0.39, 0.29) is 36.1 Å². The molecule has 1 aliphatic heterocycles. The molecular weight excluding hydrogens is 497 g/mol. The molecule has 36 heavy (non-hydrogen) atoms. The van der Waals surface area contributed by atoms with Gasteiger partial charge in [-0.15, -0.1) is 0 Å². The molecule has 4 rings (SSSR count). The molecular formula is C25H22ClF3N4O3. The van der Waals surface area contributed by atoms with Gasteiger partial charge in [0.25, 0.3) is 5.91 Å². The van der Waals surface area contributed by atoms with Gasteiger partial charge in [-0.1, -0.05) is 41.9 Å². The molecule has 2 heterocycles. The Kier molecular flexibility index (Phi) is 7.46. The molecule has 0 aliphatic carbocycles. The molecule has 11 heteroatoms. The lowest BCUT2D eigenvalue weighted by molar-refractivity contribution is -0.137. The van der Waals surface area contributed by atoms with Crippen LogP contribution in [0.1, 0.15) is 28.0 Å². The number of ether oxygens (including phenoxy) is 1. The lowest BCUT2D eigenvalue weighted by atomic mass is 9.96. The summed E-state index contributed by atoms with van der Waals surface area (Å²) < 4.78 is 45.0. The number of alkyl halides is 3. The first-order valence-electron chi connectivity index (χ1n) is 11.0. The van der Waals surface area contributed by atoms with Crippen LogP contribution >= 0.6 is 11.6 Å². The molecule has 0 radical (unpaired) electrons. The zero-order chi connectivity index (χ0) is 25.8. The van der Waals surface area contributed by atoms with Crippen molar-refractivity contribution in [2.45, 2.75) is 24.7 Å². The SMILES string of the molecule is O=C(NC1(C(=O)NCc2ccc(Nc3ccccc3C(F)(F)F)cc2)CCOC1)c1cccc(Cl)n1. The van der Waals surface area contributed by atoms with Gasteiger partial charge in [0.2, 0.25) is 5.91 Å². The van der Waals surface area contributed by atoms with E-state index in [2.05, 4.69) is 20.9 Å². The van der Waals surface area contributed by atoms with Crippen molar-refractivity contribution < 1.29 is 27.5 Å². The van der Waals surface area contributed by atoms with Crippen LogP contribution < -0.4 is 16.0 Å². The maximum Gasteiger partial charge on any atom is 0.418 e. The first-order chi connectivity index (χ1) is 17.2. The highest BCUT2D eigenvalue weighted by atomic mass is 35.5. The van der Waals surface area contributed by atoms with Gasteiger partial charge >= 0.3 is 6.18 Å². The standard InChI is InChI=1S/C25H22ClF3N4O3/c26-21-7-3-6-20(32-21)22(34)33-24(12-13-36-15-24)23(35)30-14-16-8-10-17(11-9-16)31-19-5-2-1-4-18(19)25(27,28)29/h1-11,31H,12-15H2,(H,30,35)(H,33,34). The van der Waals surface area contributed by atoms with E-state index < -0.39 is 29.1 Å². The molecule has 3 N–H and O–H groups in total. The molecule has 1 saturated heterocycles. The fourth-order valence-electron chi connectivity index (χ4n) is 3.77. The lowest BCUT2D eigenvalue weighted by Gasteiger charge is -2.27. The van der Waals surface area contributed by atoms with Crippen LogP contribution in [-0.2, 0) is 22.3 Å². The predicted molar refractivity (Wildman–Crippen MR) is 128 cm³/mol. The monoisotopic (exact) mass is 518 g/mol. The smallest absolute Gasteiger partial charge is 0.378 e. The van der Waals surface area contributed by atoms with Gasteiger partial charge in [-0.25, -0.2) is 4.98 Å². The highest BCUT2D eigenvalue weighted by Crippen LogP contribution is 2.35. The lowest BCUT2D eigenvalue weighted by Crippen LogP contribution is -2.59. The highest BCUT2D eigenvalue weighted by molar-refractivity contribution is 6.29. The molecule has 3 aromatic rings. The number of anilines is 2. The van der Waals surface area contributed by atoms with Crippen molar-refractivity contribution in [1.82, 2.24) is 15.6 Å². The Balaban J connectivity index is 1.39. The zero-order valence-corrected chi connectivity index (χ0v) is 19.6. The first kappa shape index (κ1) is 25.5. The average molecular weight is 519 g/mol. The number of rotatable bonds is 7. The summed E-state index contributed by atoms with van der Waals surface area (Å²) in [6.45, 7) is 0.453. The molecule has 0 saturated carbocycles. The quantitative estimate of drug-likeness (QED) is 0.394. The zero-order valence-electron chi connectivity index (χ0n) is 18.9. The Morgan fingerprint density at radius 3 is 2.44 bits per heavy atom. The second-order valence-corrected chi connectivity index (χ2v) is 8.62. The average Bonchev–Trinajstić information content (AvgIpc) is 3.33. The van der Waals surface area contributed by atoms with E-state index in [1.54, 1.807) is 30.3 Å². The van der Waals surface area contributed by atoms with Crippen LogP contribution in [0.5, 0.6) is 0 Å². The van der Waals surface area contributed by atoms with E-state index in [0.717, 1.165) is 11.6 Å².